The van der Waals surface area contributed by atoms with E-state index in [-0.39, 0.29) is 24.3 Å². The van der Waals surface area contributed by atoms with Gasteiger partial charge >= 0.3 is 5.97 Å². The van der Waals surface area contributed by atoms with Crippen molar-refractivity contribution in [1.29, 1.82) is 0 Å². The monoisotopic (exact) mass is 532 g/mol. The zero-order chi connectivity index (χ0) is 27.5. The summed E-state index contributed by atoms with van der Waals surface area (Å²) in [7, 11) is 0. The van der Waals surface area contributed by atoms with Gasteiger partial charge in [-0.05, 0) is 36.6 Å². The molecule has 0 spiro atoms. The number of nitrogens with two attached hydrogens (primary N) is 1. The maximum Gasteiger partial charge on any atom is 0.328 e. The van der Waals surface area contributed by atoms with Crippen LogP contribution < -0.4 is 21.7 Å². The largest absolute Gasteiger partial charge is 0.508 e. The number of carboxylic acid groups (broad SMARTS) is 1. The number of carbonyl (C=O) groups excluding carboxylic acids is 3. The van der Waals surface area contributed by atoms with Crippen LogP contribution in [0.1, 0.15) is 18.1 Å². The number of aromatic hydroxyl groups is 1. The van der Waals surface area contributed by atoms with Crippen molar-refractivity contribution in [3.8, 4) is 5.75 Å². The van der Waals surface area contributed by atoms with Crippen LogP contribution in [0.5, 0.6) is 5.75 Å². The predicted molar refractivity (Wildman–Crippen MR) is 139 cm³/mol. The average Bonchev–Trinajstić information content (AvgIpc) is 2.86. The lowest BCUT2D eigenvalue weighted by atomic mass is 10.0. The first-order valence-corrected chi connectivity index (χ1v) is 12.1. The van der Waals surface area contributed by atoms with Gasteiger partial charge in [-0.1, -0.05) is 42.5 Å². The van der Waals surface area contributed by atoms with E-state index in [1.165, 1.54) is 19.1 Å². The number of amides is 3. The summed E-state index contributed by atoms with van der Waals surface area (Å²) in [5.41, 5.74) is 7.51. The van der Waals surface area contributed by atoms with Crippen molar-refractivity contribution in [2.75, 3.05) is 5.75 Å². The number of thiol groups is 1. The Morgan fingerprint density at radius 1 is 0.838 bits per heavy atom. The molecule has 12 heteroatoms. The number of aliphatic hydroxyl groups is 1. The molecule has 0 aromatic heterocycles. The van der Waals surface area contributed by atoms with Gasteiger partial charge in [-0.15, -0.1) is 0 Å². The van der Waals surface area contributed by atoms with E-state index < -0.39 is 54.0 Å². The minimum Gasteiger partial charge on any atom is -0.508 e. The lowest BCUT2D eigenvalue weighted by Gasteiger charge is -2.25. The normalized spacial score (nSPS) is 14.9. The fourth-order valence-corrected chi connectivity index (χ4v) is 3.68. The smallest absolute Gasteiger partial charge is 0.328 e. The number of aliphatic carboxylic acids is 1. The molecule has 0 heterocycles. The van der Waals surface area contributed by atoms with Crippen LogP contribution in [0.3, 0.4) is 0 Å². The number of nitrogens with one attached hydrogen (secondary N) is 3. The summed E-state index contributed by atoms with van der Waals surface area (Å²) >= 11 is 4.07. The van der Waals surface area contributed by atoms with Gasteiger partial charge in [0.15, 0.2) is 6.04 Å². The quantitative estimate of drug-likeness (QED) is 0.156. The van der Waals surface area contributed by atoms with Crippen LogP contribution in [0.2, 0.25) is 0 Å². The second-order valence-electron chi connectivity index (χ2n) is 8.54. The van der Waals surface area contributed by atoms with Gasteiger partial charge < -0.3 is 37.0 Å². The Bertz CT molecular complexity index is 1070. The highest BCUT2D eigenvalue weighted by Gasteiger charge is 2.31. The number of aliphatic hydroxyl groups excluding tert-OH is 1. The summed E-state index contributed by atoms with van der Waals surface area (Å²) < 4.78 is 0. The molecule has 0 aliphatic rings. The molecule has 0 aliphatic heterocycles. The van der Waals surface area contributed by atoms with Crippen molar-refractivity contribution in [2.45, 2.75) is 50.0 Å². The Balaban J connectivity index is 2.17. The number of rotatable bonds is 13. The molecule has 11 nitrogen and oxygen atoms in total. The van der Waals surface area contributed by atoms with E-state index in [4.69, 9.17) is 5.73 Å². The molecule has 0 saturated heterocycles. The van der Waals surface area contributed by atoms with Crippen molar-refractivity contribution in [1.82, 2.24) is 16.0 Å². The molecule has 2 aromatic carbocycles. The number of carbonyl (C=O) groups is 4. The lowest BCUT2D eigenvalue weighted by molar-refractivity contribution is -0.145. The molecule has 0 aliphatic carbocycles. The fraction of sp³-hybridized carbons (Fsp3) is 0.360. The average molecular weight is 533 g/mol. The Morgan fingerprint density at radius 3 is 1.92 bits per heavy atom. The molecular formula is C25H32N4O7S. The third-order valence-corrected chi connectivity index (χ3v) is 5.87. The first-order chi connectivity index (χ1) is 17.5. The Labute approximate surface area is 219 Å². The maximum absolute atomic E-state index is 13.2. The minimum atomic E-state index is -1.59. The molecule has 2 aromatic rings. The molecule has 0 saturated carbocycles. The first kappa shape index (κ1) is 29.6. The minimum absolute atomic E-state index is 0.0161. The number of benzene rings is 2. The Hall–Kier alpha value is -3.61. The van der Waals surface area contributed by atoms with Gasteiger partial charge in [0, 0.05) is 12.2 Å². The van der Waals surface area contributed by atoms with E-state index in [0.29, 0.717) is 5.56 Å². The molecule has 37 heavy (non-hydrogen) atoms. The summed E-state index contributed by atoms with van der Waals surface area (Å²) in [6, 6.07) is 10.2. The van der Waals surface area contributed by atoms with Crippen molar-refractivity contribution in [3.05, 3.63) is 65.7 Å². The number of hydrogen-bond acceptors (Lipinski definition) is 8. The number of hydrogen-bond donors (Lipinski definition) is 8. The van der Waals surface area contributed by atoms with Crippen LogP contribution in [0.4, 0.5) is 0 Å². The van der Waals surface area contributed by atoms with Crippen LogP contribution in [0.25, 0.3) is 0 Å². The number of phenols is 1. The third kappa shape index (κ3) is 9.41. The van der Waals surface area contributed by atoms with Crippen molar-refractivity contribution < 1.29 is 34.5 Å². The molecule has 8 N–H and O–H groups in total. The summed E-state index contributed by atoms with van der Waals surface area (Å²) in [4.78, 5) is 49.9. The van der Waals surface area contributed by atoms with Crippen molar-refractivity contribution in [3.63, 3.8) is 0 Å². The zero-order valence-electron chi connectivity index (χ0n) is 20.2. The van der Waals surface area contributed by atoms with Gasteiger partial charge in [-0.25, -0.2) is 4.79 Å². The zero-order valence-corrected chi connectivity index (χ0v) is 21.1. The van der Waals surface area contributed by atoms with Gasteiger partial charge in [0.1, 0.15) is 17.8 Å². The summed E-state index contributed by atoms with van der Waals surface area (Å²) in [5.74, 6) is -3.79. The highest BCUT2D eigenvalue weighted by atomic mass is 32.1. The van der Waals surface area contributed by atoms with Crippen LogP contribution in [0, 0.1) is 0 Å². The standard InChI is InChI=1S/C25H32N4O7S/c1-14(30)21(25(35)36)29-24(34)20(13-37)28-23(33)19(12-16-7-9-17(31)10-8-16)27-22(32)18(26)11-15-5-3-2-4-6-15/h2-10,14,18-21,30-31,37H,11-13,26H2,1H3,(H,27,32)(H,28,33)(H,29,34)(H,35,36). The molecule has 0 radical (unpaired) electrons. The van der Waals surface area contributed by atoms with E-state index >= 15 is 0 Å². The number of phenolic OH excluding ortho intramolecular Hbond substituents is 1. The van der Waals surface area contributed by atoms with Gasteiger partial charge in [0.05, 0.1) is 12.1 Å². The van der Waals surface area contributed by atoms with Crippen LogP contribution >= 0.6 is 12.6 Å². The van der Waals surface area contributed by atoms with E-state index in [1.807, 2.05) is 30.3 Å². The van der Waals surface area contributed by atoms with Gasteiger partial charge in [-0.3, -0.25) is 14.4 Å². The van der Waals surface area contributed by atoms with E-state index in [9.17, 15) is 34.5 Å². The fourth-order valence-electron chi connectivity index (χ4n) is 3.43. The van der Waals surface area contributed by atoms with Crippen LogP contribution in [-0.4, -0.2) is 75.0 Å². The second-order valence-corrected chi connectivity index (χ2v) is 8.90. The highest BCUT2D eigenvalue weighted by Crippen LogP contribution is 2.12. The second kappa shape index (κ2) is 14.2. The van der Waals surface area contributed by atoms with E-state index in [1.54, 1.807) is 12.1 Å². The van der Waals surface area contributed by atoms with Crippen LogP contribution in [0.15, 0.2) is 54.6 Å². The molecule has 0 fully saturated rings. The summed E-state index contributed by atoms with van der Waals surface area (Å²) in [6.07, 6.45) is -1.13. The van der Waals surface area contributed by atoms with Crippen molar-refractivity contribution >= 4 is 36.3 Å². The van der Waals surface area contributed by atoms with Crippen LogP contribution in [-0.2, 0) is 32.0 Å². The van der Waals surface area contributed by atoms with Gasteiger partial charge in [0.25, 0.3) is 0 Å². The first-order valence-electron chi connectivity index (χ1n) is 11.5. The molecule has 200 valence electrons. The summed E-state index contributed by atoms with van der Waals surface area (Å²) in [6.45, 7) is 1.20. The maximum atomic E-state index is 13.2. The molecule has 5 atom stereocenters. The van der Waals surface area contributed by atoms with Gasteiger partial charge in [-0.2, -0.15) is 12.6 Å². The van der Waals surface area contributed by atoms with E-state index in [0.717, 1.165) is 5.56 Å². The number of carboxylic acids is 1. The highest BCUT2D eigenvalue weighted by molar-refractivity contribution is 7.80. The molecule has 0 bridgehead atoms. The molecule has 5 unspecified atom stereocenters. The molecule has 2 rings (SSSR count). The third-order valence-electron chi connectivity index (χ3n) is 5.51. The molecular weight excluding hydrogens is 500 g/mol. The van der Waals surface area contributed by atoms with Crippen molar-refractivity contribution in [2.24, 2.45) is 5.73 Å². The predicted octanol–water partition coefficient (Wildman–Crippen LogP) is -0.646. The Morgan fingerprint density at radius 2 is 1.38 bits per heavy atom. The molecule has 3 amide bonds. The lowest BCUT2D eigenvalue weighted by Crippen LogP contribution is -2.59. The SMILES string of the molecule is CC(O)C(NC(=O)C(CS)NC(=O)C(Cc1ccc(O)cc1)NC(=O)C(N)Cc1ccccc1)C(=O)O. The topological polar surface area (TPSA) is 191 Å². The summed E-state index contributed by atoms with van der Waals surface area (Å²) in [5, 5.41) is 35.6. The Kier molecular flexibility index (Phi) is 11.4. The van der Waals surface area contributed by atoms with Gasteiger partial charge in [0.2, 0.25) is 17.7 Å². The van der Waals surface area contributed by atoms with E-state index in [2.05, 4.69) is 28.6 Å².